The average Bonchev–Trinajstić information content (AvgIpc) is 2.66. The zero-order valence-electron chi connectivity index (χ0n) is 14.4. The van der Waals surface area contributed by atoms with Gasteiger partial charge in [-0.25, -0.2) is 4.98 Å². The molecule has 0 aliphatic rings. The smallest absolute Gasteiger partial charge is 0.323 e. The van der Waals surface area contributed by atoms with Crippen LogP contribution in [0.15, 0.2) is 60.8 Å². The van der Waals surface area contributed by atoms with Crippen molar-refractivity contribution >= 4 is 5.82 Å². The number of nitrogens with zero attached hydrogens (tertiary/aromatic N) is 2. The lowest BCUT2D eigenvalue weighted by Gasteiger charge is -2.10. The molecule has 5 nitrogen and oxygen atoms in total. The molecule has 1 aromatic heterocycles. The molecule has 0 unspecified atom stereocenters. The van der Waals surface area contributed by atoms with Gasteiger partial charge in [0.05, 0.1) is 7.11 Å². The number of aryl methyl sites for hydroxylation is 1. The van der Waals surface area contributed by atoms with Crippen LogP contribution in [-0.4, -0.2) is 23.6 Å². The molecule has 5 heteroatoms. The van der Waals surface area contributed by atoms with Gasteiger partial charge in [0.1, 0.15) is 17.3 Å². The Morgan fingerprint density at radius 2 is 1.72 bits per heavy atom. The Labute approximate surface area is 147 Å². The Bertz CT molecular complexity index is 805. The van der Waals surface area contributed by atoms with Gasteiger partial charge in [-0.05, 0) is 43.2 Å². The van der Waals surface area contributed by atoms with Crippen LogP contribution in [0.5, 0.6) is 17.5 Å². The van der Waals surface area contributed by atoms with Crippen molar-refractivity contribution in [1.29, 1.82) is 0 Å². The van der Waals surface area contributed by atoms with Gasteiger partial charge in [0.2, 0.25) is 0 Å². The number of ether oxygens (including phenoxy) is 2. The zero-order chi connectivity index (χ0) is 17.5. The number of rotatable bonds is 7. The van der Waals surface area contributed by atoms with Crippen LogP contribution in [0.3, 0.4) is 0 Å². The standard InChI is InChI=1S/C20H21N3O2/c1-15-14-22-20(25-18-6-4-3-5-7-18)23-19(15)21-13-12-16-8-10-17(24-2)11-9-16/h3-11,14H,12-13H2,1-2H3,(H,21,22,23). The number of nitrogens with one attached hydrogen (secondary N) is 1. The fraction of sp³-hybridized carbons (Fsp3) is 0.200. The van der Waals surface area contributed by atoms with Crippen molar-refractivity contribution in [3.8, 4) is 17.5 Å². The van der Waals surface area contributed by atoms with Gasteiger partial charge in [0.15, 0.2) is 0 Å². The molecule has 0 atom stereocenters. The van der Waals surface area contributed by atoms with E-state index in [1.807, 2.05) is 49.4 Å². The van der Waals surface area contributed by atoms with Crippen LogP contribution < -0.4 is 14.8 Å². The van der Waals surface area contributed by atoms with Gasteiger partial charge in [-0.2, -0.15) is 4.98 Å². The molecule has 0 radical (unpaired) electrons. The summed E-state index contributed by atoms with van der Waals surface area (Å²) >= 11 is 0. The van der Waals surface area contributed by atoms with Crippen LogP contribution in [0.4, 0.5) is 5.82 Å². The summed E-state index contributed by atoms with van der Waals surface area (Å²) in [6.45, 7) is 2.75. The third kappa shape index (κ3) is 4.70. The topological polar surface area (TPSA) is 56.3 Å². The fourth-order valence-corrected chi connectivity index (χ4v) is 2.37. The summed E-state index contributed by atoms with van der Waals surface area (Å²) in [5, 5.41) is 3.35. The minimum absolute atomic E-state index is 0.337. The maximum Gasteiger partial charge on any atom is 0.323 e. The van der Waals surface area contributed by atoms with Crippen LogP contribution in [-0.2, 0) is 6.42 Å². The van der Waals surface area contributed by atoms with Gasteiger partial charge >= 0.3 is 6.01 Å². The van der Waals surface area contributed by atoms with Gasteiger partial charge < -0.3 is 14.8 Å². The number of methoxy groups -OCH3 is 1. The first-order valence-electron chi connectivity index (χ1n) is 8.18. The summed E-state index contributed by atoms with van der Waals surface area (Å²) in [7, 11) is 1.67. The van der Waals surface area contributed by atoms with E-state index >= 15 is 0 Å². The van der Waals surface area contributed by atoms with E-state index in [0.717, 1.165) is 35.8 Å². The number of para-hydroxylation sites is 1. The lowest BCUT2D eigenvalue weighted by molar-refractivity contribution is 0.414. The maximum atomic E-state index is 5.69. The predicted octanol–water partition coefficient (Wildman–Crippen LogP) is 4.24. The minimum atomic E-state index is 0.337. The molecule has 0 saturated carbocycles. The Balaban J connectivity index is 1.60. The van der Waals surface area contributed by atoms with E-state index in [0.29, 0.717) is 6.01 Å². The van der Waals surface area contributed by atoms with E-state index in [1.165, 1.54) is 5.56 Å². The van der Waals surface area contributed by atoms with Crippen LogP contribution in [0.2, 0.25) is 0 Å². The first kappa shape index (κ1) is 16.8. The molecule has 25 heavy (non-hydrogen) atoms. The Hall–Kier alpha value is -3.08. The molecule has 1 heterocycles. The van der Waals surface area contributed by atoms with Gasteiger partial charge in [-0.15, -0.1) is 0 Å². The summed E-state index contributed by atoms with van der Waals surface area (Å²) in [5.41, 5.74) is 2.22. The monoisotopic (exact) mass is 335 g/mol. The molecule has 0 aliphatic heterocycles. The van der Waals surface area contributed by atoms with Crippen molar-refractivity contribution < 1.29 is 9.47 Å². The third-order valence-electron chi connectivity index (χ3n) is 3.77. The second kappa shape index (κ2) is 8.15. The van der Waals surface area contributed by atoms with Crippen molar-refractivity contribution in [1.82, 2.24) is 9.97 Å². The summed E-state index contributed by atoms with van der Waals surface area (Å²) < 4.78 is 10.9. The zero-order valence-corrected chi connectivity index (χ0v) is 14.4. The molecule has 0 bridgehead atoms. The lowest BCUT2D eigenvalue weighted by atomic mass is 10.1. The molecule has 3 aromatic rings. The van der Waals surface area contributed by atoms with E-state index in [2.05, 4.69) is 27.4 Å². The lowest BCUT2D eigenvalue weighted by Crippen LogP contribution is -2.08. The largest absolute Gasteiger partial charge is 0.497 e. The quantitative estimate of drug-likeness (QED) is 0.700. The molecule has 0 amide bonds. The highest BCUT2D eigenvalue weighted by molar-refractivity contribution is 5.43. The van der Waals surface area contributed by atoms with Crippen LogP contribution >= 0.6 is 0 Å². The van der Waals surface area contributed by atoms with Crippen molar-refractivity contribution in [2.45, 2.75) is 13.3 Å². The summed E-state index contributed by atoms with van der Waals surface area (Å²) in [6, 6.07) is 17.9. The molecule has 0 aliphatic carbocycles. The van der Waals surface area contributed by atoms with Crippen molar-refractivity contribution in [3.63, 3.8) is 0 Å². The summed E-state index contributed by atoms with van der Waals surface area (Å²) in [4.78, 5) is 8.69. The highest BCUT2D eigenvalue weighted by Crippen LogP contribution is 2.20. The first-order chi connectivity index (χ1) is 12.2. The van der Waals surface area contributed by atoms with Gasteiger partial charge in [-0.3, -0.25) is 0 Å². The number of anilines is 1. The Morgan fingerprint density at radius 1 is 0.960 bits per heavy atom. The maximum absolute atomic E-state index is 5.69. The van der Waals surface area contributed by atoms with Crippen LogP contribution in [0, 0.1) is 6.92 Å². The predicted molar refractivity (Wildman–Crippen MR) is 98.5 cm³/mol. The number of hydrogen-bond donors (Lipinski definition) is 1. The molecule has 1 N–H and O–H groups in total. The van der Waals surface area contributed by atoms with E-state index in [-0.39, 0.29) is 0 Å². The highest BCUT2D eigenvalue weighted by atomic mass is 16.5. The highest BCUT2D eigenvalue weighted by Gasteiger charge is 2.06. The molecule has 128 valence electrons. The van der Waals surface area contributed by atoms with Crippen LogP contribution in [0.1, 0.15) is 11.1 Å². The summed E-state index contributed by atoms with van der Waals surface area (Å²) in [5.74, 6) is 2.37. The van der Waals surface area contributed by atoms with Crippen molar-refractivity contribution in [3.05, 3.63) is 71.9 Å². The molecular formula is C20H21N3O2. The first-order valence-corrected chi connectivity index (χ1v) is 8.18. The SMILES string of the molecule is COc1ccc(CCNc2nc(Oc3ccccc3)ncc2C)cc1. The second-order valence-corrected chi connectivity index (χ2v) is 5.62. The number of hydrogen-bond acceptors (Lipinski definition) is 5. The van der Waals surface area contributed by atoms with Crippen LogP contribution in [0.25, 0.3) is 0 Å². The second-order valence-electron chi connectivity index (χ2n) is 5.62. The molecule has 3 rings (SSSR count). The Morgan fingerprint density at radius 3 is 2.44 bits per heavy atom. The molecule has 2 aromatic carbocycles. The van der Waals surface area contributed by atoms with E-state index in [1.54, 1.807) is 13.3 Å². The normalized spacial score (nSPS) is 10.3. The number of aromatic nitrogens is 2. The molecule has 0 saturated heterocycles. The van der Waals surface area contributed by atoms with Gasteiger partial charge in [-0.1, -0.05) is 30.3 Å². The van der Waals surface area contributed by atoms with E-state index < -0.39 is 0 Å². The molecular weight excluding hydrogens is 314 g/mol. The molecule has 0 fully saturated rings. The van der Waals surface area contributed by atoms with Gasteiger partial charge in [0, 0.05) is 18.3 Å². The van der Waals surface area contributed by atoms with Crippen molar-refractivity contribution in [2.75, 3.05) is 19.0 Å². The fourth-order valence-electron chi connectivity index (χ4n) is 2.37. The number of benzene rings is 2. The summed E-state index contributed by atoms with van der Waals surface area (Å²) in [6.07, 6.45) is 2.66. The molecule has 0 spiro atoms. The minimum Gasteiger partial charge on any atom is -0.497 e. The van der Waals surface area contributed by atoms with E-state index in [9.17, 15) is 0 Å². The average molecular weight is 335 g/mol. The van der Waals surface area contributed by atoms with Gasteiger partial charge in [0.25, 0.3) is 0 Å². The van der Waals surface area contributed by atoms with E-state index in [4.69, 9.17) is 9.47 Å². The Kier molecular flexibility index (Phi) is 5.46. The third-order valence-corrected chi connectivity index (χ3v) is 3.77. The van der Waals surface area contributed by atoms with Crippen molar-refractivity contribution in [2.24, 2.45) is 0 Å².